The van der Waals surface area contributed by atoms with E-state index in [2.05, 4.69) is 45.2 Å². The number of para-hydroxylation sites is 1. The third-order valence-electron chi connectivity index (χ3n) is 6.00. The highest BCUT2D eigenvalue weighted by atomic mass is 35.5. The first-order valence-corrected chi connectivity index (χ1v) is 9.87. The molecule has 2 aliphatic rings. The molecule has 2 saturated heterocycles. The van der Waals surface area contributed by atoms with Crippen LogP contribution in [0.4, 0.5) is 0 Å². The number of hydrogen-bond acceptors (Lipinski definition) is 2. The van der Waals surface area contributed by atoms with Gasteiger partial charge >= 0.3 is 0 Å². The quantitative estimate of drug-likeness (QED) is 0.870. The molecule has 0 saturated carbocycles. The zero-order valence-corrected chi connectivity index (χ0v) is 16.3. The lowest BCUT2D eigenvalue weighted by molar-refractivity contribution is -0.132. The van der Waals surface area contributed by atoms with Gasteiger partial charge in [0.05, 0.1) is 0 Å². The van der Waals surface area contributed by atoms with Crippen molar-refractivity contribution in [2.75, 3.05) is 32.7 Å². The number of hydrogen-bond donors (Lipinski definition) is 1. The molecule has 1 N–H and O–H groups in total. The molecular formula is C21H30ClN3O. The van der Waals surface area contributed by atoms with Crippen LogP contribution in [0.5, 0.6) is 0 Å². The number of aromatic nitrogens is 1. The Labute approximate surface area is 162 Å². The number of nitrogens with zero attached hydrogens (tertiary/aromatic N) is 2. The maximum atomic E-state index is 12.5. The number of carbonyl (C=O) groups is 1. The van der Waals surface area contributed by atoms with Crippen LogP contribution >= 0.6 is 12.4 Å². The first kappa shape index (κ1) is 19.2. The number of benzene rings is 1. The highest BCUT2D eigenvalue weighted by molar-refractivity contribution is 5.85. The summed E-state index contributed by atoms with van der Waals surface area (Å²) < 4.78 is 0. The number of fused-ring (bicyclic) bond motifs is 1. The van der Waals surface area contributed by atoms with Gasteiger partial charge in [-0.05, 0) is 56.3 Å². The number of halogens is 1. The second-order valence-electron chi connectivity index (χ2n) is 7.60. The summed E-state index contributed by atoms with van der Waals surface area (Å²) in [7, 11) is 0. The molecule has 0 aliphatic carbocycles. The van der Waals surface area contributed by atoms with Gasteiger partial charge in [-0.3, -0.25) is 4.79 Å². The van der Waals surface area contributed by atoms with E-state index in [9.17, 15) is 4.79 Å². The fraction of sp³-hybridized carbons (Fsp3) is 0.571. The molecule has 2 aromatic rings. The molecule has 2 aliphatic heterocycles. The van der Waals surface area contributed by atoms with Crippen molar-refractivity contribution in [2.24, 2.45) is 0 Å². The number of nitrogens with one attached hydrogen (secondary N) is 1. The van der Waals surface area contributed by atoms with Gasteiger partial charge in [-0.25, -0.2) is 0 Å². The van der Waals surface area contributed by atoms with Crippen LogP contribution in [-0.4, -0.2) is 53.4 Å². The SMILES string of the molecule is Cl.O=C(CCN1CCCCC1)N1CCC(c2c[nH]c3ccccc23)CC1. The van der Waals surface area contributed by atoms with Crippen molar-refractivity contribution in [3.63, 3.8) is 0 Å². The lowest BCUT2D eigenvalue weighted by Crippen LogP contribution is -2.40. The van der Waals surface area contributed by atoms with Gasteiger partial charge in [-0.15, -0.1) is 12.4 Å². The van der Waals surface area contributed by atoms with E-state index < -0.39 is 0 Å². The molecule has 2 fully saturated rings. The second-order valence-corrected chi connectivity index (χ2v) is 7.60. The van der Waals surface area contributed by atoms with Crippen molar-refractivity contribution in [1.82, 2.24) is 14.8 Å². The standard InChI is InChI=1S/C21H29N3O.ClH/c25-21(10-13-23-11-4-1-5-12-23)24-14-8-17(9-15-24)19-16-22-20-7-3-2-6-18(19)20;/h2-3,6-7,16-17,22H,1,4-5,8-15H2;1H. The van der Waals surface area contributed by atoms with E-state index >= 15 is 0 Å². The zero-order chi connectivity index (χ0) is 17.1. The van der Waals surface area contributed by atoms with Crippen LogP contribution in [0.15, 0.2) is 30.5 Å². The van der Waals surface area contributed by atoms with Gasteiger partial charge in [0, 0.05) is 43.2 Å². The van der Waals surface area contributed by atoms with Crippen molar-refractivity contribution < 1.29 is 4.79 Å². The van der Waals surface area contributed by atoms with E-state index in [0.717, 1.165) is 32.5 Å². The highest BCUT2D eigenvalue weighted by Gasteiger charge is 2.25. The van der Waals surface area contributed by atoms with Crippen LogP contribution in [-0.2, 0) is 4.79 Å². The molecule has 0 atom stereocenters. The number of piperidine rings is 2. The summed E-state index contributed by atoms with van der Waals surface area (Å²) in [5.74, 6) is 0.922. The lowest BCUT2D eigenvalue weighted by atomic mass is 9.89. The number of aromatic amines is 1. The number of carbonyl (C=O) groups excluding carboxylic acids is 1. The summed E-state index contributed by atoms with van der Waals surface area (Å²) >= 11 is 0. The van der Waals surface area contributed by atoms with Gasteiger partial charge in [-0.1, -0.05) is 24.6 Å². The smallest absolute Gasteiger partial charge is 0.223 e. The molecule has 0 radical (unpaired) electrons. The zero-order valence-electron chi connectivity index (χ0n) is 15.5. The maximum absolute atomic E-state index is 12.5. The van der Waals surface area contributed by atoms with Crippen LogP contribution in [0.25, 0.3) is 10.9 Å². The summed E-state index contributed by atoms with van der Waals surface area (Å²) in [4.78, 5) is 20.5. The number of H-pyrrole nitrogens is 1. The summed E-state index contributed by atoms with van der Waals surface area (Å²) in [6, 6.07) is 8.53. The molecule has 4 nitrogen and oxygen atoms in total. The van der Waals surface area contributed by atoms with Gasteiger partial charge < -0.3 is 14.8 Å². The average molecular weight is 376 g/mol. The molecule has 0 spiro atoms. The number of rotatable bonds is 4. The minimum atomic E-state index is 0. The van der Waals surface area contributed by atoms with Gasteiger partial charge in [0.15, 0.2) is 0 Å². The van der Waals surface area contributed by atoms with Gasteiger partial charge in [0.1, 0.15) is 0 Å². The Kier molecular flexibility index (Phi) is 6.60. The normalized spacial score (nSPS) is 19.5. The van der Waals surface area contributed by atoms with E-state index in [1.54, 1.807) is 0 Å². The minimum absolute atomic E-state index is 0. The first-order chi connectivity index (χ1) is 12.3. The van der Waals surface area contributed by atoms with Crippen LogP contribution in [0.2, 0.25) is 0 Å². The Balaban J connectivity index is 0.00000196. The fourth-order valence-corrected chi connectivity index (χ4v) is 4.47. The summed E-state index contributed by atoms with van der Waals surface area (Å²) in [5, 5.41) is 1.34. The van der Waals surface area contributed by atoms with Gasteiger partial charge in [0.25, 0.3) is 0 Å². The van der Waals surface area contributed by atoms with Crippen molar-refractivity contribution in [1.29, 1.82) is 0 Å². The molecule has 142 valence electrons. The average Bonchev–Trinajstić information content (AvgIpc) is 3.11. The topological polar surface area (TPSA) is 39.3 Å². The molecule has 5 heteroatoms. The van der Waals surface area contributed by atoms with Crippen molar-refractivity contribution in [2.45, 2.75) is 44.4 Å². The predicted octanol–water partition coefficient (Wildman–Crippen LogP) is 4.17. The van der Waals surface area contributed by atoms with E-state index in [-0.39, 0.29) is 12.4 Å². The monoisotopic (exact) mass is 375 g/mol. The molecule has 1 amide bonds. The van der Waals surface area contributed by atoms with Crippen LogP contribution in [0.3, 0.4) is 0 Å². The fourth-order valence-electron chi connectivity index (χ4n) is 4.47. The molecule has 26 heavy (non-hydrogen) atoms. The summed E-state index contributed by atoms with van der Waals surface area (Å²) in [5.41, 5.74) is 2.65. The molecule has 0 bridgehead atoms. The maximum Gasteiger partial charge on any atom is 0.223 e. The van der Waals surface area contributed by atoms with E-state index in [4.69, 9.17) is 0 Å². The van der Waals surface area contributed by atoms with E-state index in [0.29, 0.717) is 18.2 Å². The van der Waals surface area contributed by atoms with Crippen LogP contribution < -0.4 is 0 Å². The molecule has 3 heterocycles. The predicted molar refractivity (Wildman–Crippen MR) is 109 cm³/mol. The minimum Gasteiger partial charge on any atom is -0.361 e. The molecule has 4 rings (SSSR count). The van der Waals surface area contributed by atoms with Crippen LogP contribution in [0, 0.1) is 0 Å². The Bertz CT molecular complexity index is 715. The largest absolute Gasteiger partial charge is 0.361 e. The molecule has 1 aromatic carbocycles. The van der Waals surface area contributed by atoms with Gasteiger partial charge in [0.2, 0.25) is 5.91 Å². The van der Waals surface area contributed by atoms with Gasteiger partial charge in [-0.2, -0.15) is 0 Å². The Morgan fingerprint density at radius 1 is 1.04 bits per heavy atom. The van der Waals surface area contributed by atoms with Crippen molar-refractivity contribution >= 4 is 29.2 Å². The van der Waals surface area contributed by atoms with E-state index in [1.807, 2.05) is 0 Å². The third kappa shape index (κ3) is 4.24. The highest BCUT2D eigenvalue weighted by Crippen LogP contribution is 2.33. The molecule has 0 unspecified atom stereocenters. The Morgan fingerprint density at radius 2 is 1.77 bits per heavy atom. The summed E-state index contributed by atoms with van der Waals surface area (Å²) in [6.07, 6.45) is 8.97. The Morgan fingerprint density at radius 3 is 2.54 bits per heavy atom. The third-order valence-corrected chi connectivity index (χ3v) is 6.00. The Hall–Kier alpha value is -1.52. The van der Waals surface area contributed by atoms with E-state index in [1.165, 1.54) is 48.8 Å². The van der Waals surface area contributed by atoms with Crippen molar-refractivity contribution in [3.8, 4) is 0 Å². The lowest BCUT2D eigenvalue weighted by Gasteiger charge is -2.33. The first-order valence-electron chi connectivity index (χ1n) is 9.87. The van der Waals surface area contributed by atoms with Crippen LogP contribution in [0.1, 0.15) is 50.0 Å². The number of likely N-dealkylation sites (tertiary alicyclic amines) is 2. The number of amides is 1. The van der Waals surface area contributed by atoms with Crippen molar-refractivity contribution in [3.05, 3.63) is 36.0 Å². The summed E-state index contributed by atoms with van der Waals surface area (Å²) in [6.45, 7) is 5.11. The molecule has 1 aromatic heterocycles. The molecular weight excluding hydrogens is 346 g/mol. The second kappa shape index (κ2) is 8.92.